The molecule has 0 saturated carbocycles. The molecule has 0 saturated heterocycles. The second-order valence-electron chi connectivity index (χ2n) is 2.59. The molecule has 0 radical (unpaired) electrons. The first-order valence-electron chi connectivity index (χ1n) is 4.05. The Balaban J connectivity index is 2.15. The van der Waals surface area contributed by atoms with Crippen molar-refractivity contribution in [2.24, 2.45) is 10.2 Å². The molecular formula is C11H8N2. The molecule has 2 heteroatoms. The van der Waals surface area contributed by atoms with Crippen LogP contribution in [0.15, 0.2) is 70.2 Å². The SMILES string of the molecule is C1=CC=CC=1N=Nc1ccccc1. The summed E-state index contributed by atoms with van der Waals surface area (Å²) in [6.45, 7) is 0. The highest BCUT2D eigenvalue weighted by molar-refractivity contribution is 5.36. The minimum Gasteiger partial charge on any atom is -0.150 e. The molecule has 0 unspecified atom stereocenters. The second-order valence-corrected chi connectivity index (χ2v) is 2.59. The lowest BCUT2D eigenvalue weighted by molar-refractivity contribution is 1.18. The van der Waals surface area contributed by atoms with Crippen molar-refractivity contribution in [3.8, 4) is 0 Å². The summed E-state index contributed by atoms with van der Waals surface area (Å²) in [4.78, 5) is 0. The van der Waals surface area contributed by atoms with E-state index in [2.05, 4.69) is 16.0 Å². The van der Waals surface area contributed by atoms with Crippen LogP contribution in [-0.4, -0.2) is 0 Å². The lowest BCUT2D eigenvalue weighted by atomic mass is 10.3. The Bertz CT molecular complexity index is 407. The van der Waals surface area contributed by atoms with Crippen molar-refractivity contribution < 1.29 is 0 Å². The molecule has 0 atom stereocenters. The first-order valence-corrected chi connectivity index (χ1v) is 4.05. The van der Waals surface area contributed by atoms with E-state index in [-0.39, 0.29) is 0 Å². The van der Waals surface area contributed by atoms with Crippen LogP contribution < -0.4 is 0 Å². The molecule has 0 N–H and O–H groups in total. The number of hydrogen-bond acceptors (Lipinski definition) is 2. The zero-order chi connectivity index (χ0) is 8.93. The molecule has 0 spiro atoms. The van der Waals surface area contributed by atoms with Crippen LogP contribution in [0.1, 0.15) is 0 Å². The molecule has 0 fully saturated rings. The Labute approximate surface area is 76.6 Å². The fourth-order valence-corrected chi connectivity index (χ4v) is 0.989. The predicted molar refractivity (Wildman–Crippen MR) is 51.7 cm³/mol. The van der Waals surface area contributed by atoms with Crippen molar-refractivity contribution in [2.75, 3.05) is 0 Å². The largest absolute Gasteiger partial charge is 0.150 e. The van der Waals surface area contributed by atoms with E-state index < -0.39 is 0 Å². The molecule has 2 rings (SSSR count). The van der Waals surface area contributed by atoms with Gasteiger partial charge in [0, 0.05) is 0 Å². The van der Waals surface area contributed by atoms with Crippen LogP contribution in [0.4, 0.5) is 5.69 Å². The highest BCUT2D eigenvalue weighted by Crippen LogP contribution is 2.13. The Kier molecular flexibility index (Phi) is 2.17. The summed E-state index contributed by atoms with van der Waals surface area (Å²) < 4.78 is 0. The quantitative estimate of drug-likeness (QED) is 0.477. The van der Waals surface area contributed by atoms with Crippen molar-refractivity contribution in [3.63, 3.8) is 0 Å². The van der Waals surface area contributed by atoms with Gasteiger partial charge in [0.05, 0.1) is 5.69 Å². The van der Waals surface area contributed by atoms with Gasteiger partial charge in [0.1, 0.15) is 5.70 Å². The molecule has 0 heterocycles. The molecule has 0 aliphatic heterocycles. The van der Waals surface area contributed by atoms with Crippen LogP contribution in [0.5, 0.6) is 0 Å². The number of allylic oxidation sites excluding steroid dienone is 2. The lowest BCUT2D eigenvalue weighted by Gasteiger charge is -1.88. The summed E-state index contributed by atoms with van der Waals surface area (Å²) in [5, 5.41) is 8.05. The third-order valence-electron chi connectivity index (χ3n) is 1.61. The summed E-state index contributed by atoms with van der Waals surface area (Å²) in [5.74, 6) is 0. The second kappa shape index (κ2) is 3.65. The number of benzene rings is 1. The smallest absolute Gasteiger partial charge is 0.128 e. The lowest BCUT2D eigenvalue weighted by Crippen LogP contribution is -1.64. The summed E-state index contributed by atoms with van der Waals surface area (Å²) in [5.41, 5.74) is 4.57. The van der Waals surface area contributed by atoms with Gasteiger partial charge >= 0.3 is 0 Å². The maximum atomic E-state index is 4.04. The molecule has 62 valence electrons. The number of rotatable bonds is 2. The van der Waals surface area contributed by atoms with E-state index in [4.69, 9.17) is 0 Å². The maximum absolute atomic E-state index is 4.04. The minimum atomic E-state index is 0.767. The first kappa shape index (κ1) is 7.71. The van der Waals surface area contributed by atoms with Gasteiger partial charge in [-0.15, -0.1) is 10.2 Å². The van der Waals surface area contributed by atoms with Crippen LogP contribution in [-0.2, 0) is 0 Å². The van der Waals surface area contributed by atoms with Crippen LogP contribution >= 0.6 is 0 Å². The van der Waals surface area contributed by atoms with E-state index in [1.54, 1.807) is 0 Å². The Morgan fingerprint density at radius 1 is 1.00 bits per heavy atom. The molecule has 1 aromatic rings. The fourth-order valence-electron chi connectivity index (χ4n) is 0.989. The Morgan fingerprint density at radius 2 is 1.85 bits per heavy atom. The fraction of sp³-hybridized carbons (Fsp3) is 0. The number of hydrogen-bond donors (Lipinski definition) is 0. The third kappa shape index (κ3) is 2.01. The van der Waals surface area contributed by atoms with Crippen LogP contribution in [0.2, 0.25) is 0 Å². The van der Waals surface area contributed by atoms with E-state index >= 15 is 0 Å². The Hall–Kier alpha value is -1.92. The molecule has 1 aliphatic carbocycles. The van der Waals surface area contributed by atoms with Gasteiger partial charge in [-0.05, 0) is 24.3 Å². The van der Waals surface area contributed by atoms with Gasteiger partial charge in [0.15, 0.2) is 0 Å². The van der Waals surface area contributed by atoms with Gasteiger partial charge in [-0.3, -0.25) is 0 Å². The van der Waals surface area contributed by atoms with Gasteiger partial charge in [0.25, 0.3) is 0 Å². The van der Waals surface area contributed by atoms with Gasteiger partial charge in [0.2, 0.25) is 0 Å². The van der Waals surface area contributed by atoms with E-state index in [0.717, 1.165) is 11.4 Å². The van der Waals surface area contributed by atoms with Crippen LogP contribution in [0, 0.1) is 0 Å². The standard InChI is InChI=1S/C11H8N2/c1-2-6-10(7-3-1)12-13-11-8-4-5-9-11/h1-8H. The van der Waals surface area contributed by atoms with Crippen LogP contribution in [0.3, 0.4) is 0 Å². The number of azo groups is 1. The van der Waals surface area contributed by atoms with Crippen LogP contribution in [0.25, 0.3) is 0 Å². The average molecular weight is 168 g/mol. The first-order chi connectivity index (χ1) is 6.45. The summed E-state index contributed by atoms with van der Waals surface area (Å²) in [6, 6.07) is 9.64. The van der Waals surface area contributed by atoms with Gasteiger partial charge in [-0.2, -0.15) is 0 Å². The van der Waals surface area contributed by atoms with Crippen molar-refractivity contribution in [1.29, 1.82) is 0 Å². The van der Waals surface area contributed by atoms with Crippen molar-refractivity contribution in [3.05, 3.63) is 60.0 Å². The Morgan fingerprint density at radius 3 is 2.54 bits per heavy atom. The monoisotopic (exact) mass is 168 g/mol. The van der Waals surface area contributed by atoms with Crippen molar-refractivity contribution in [1.82, 2.24) is 0 Å². The molecular weight excluding hydrogens is 160 g/mol. The molecule has 0 bridgehead atoms. The molecule has 1 aromatic carbocycles. The van der Waals surface area contributed by atoms with Gasteiger partial charge < -0.3 is 0 Å². The summed E-state index contributed by atoms with van der Waals surface area (Å²) >= 11 is 0. The normalized spacial score (nSPS) is 14.0. The van der Waals surface area contributed by atoms with E-state index in [9.17, 15) is 0 Å². The highest BCUT2D eigenvalue weighted by atomic mass is 15.1. The zero-order valence-corrected chi connectivity index (χ0v) is 7.01. The predicted octanol–water partition coefficient (Wildman–Crippen LogP) is 3.38. The highest BCUT2D eigenvalue weighted by Gasteiger charge is 1.90. The van der Waals surface area contributed by atoms with Gasteiger partial charge in [-0.25, -0.2) is 0 Å². The molecule has 0 aromatic heterocycles. The third-order valence-corrected chi connectivity index (χ3v) is 1.61. The topological polar surface area (TPSA) is 24.7 Å². The molecule has 1 aliphatic rings. The minimum absolute atomic E-state index is 0.767. The summed E-state index contributed by atoms with van der Waals surface area (Å²) in [7, 11) is 0. The van der Waals surface area contributed by atoms with Gasteiger partial charge in [-0.1, -0.05) is 30.0 Å². The average Bonchev–Trinajstić information content (AvgIpc) is 2.69. The number of nitrogens with zero attached hydrogens (tertiary/aromatic N) is 2. The zero-order valence-electron chi connectivity index (χ0n) is 7.01. The van der Waals surface area contributed by atoms with Crippen molar-refractivity contribution in [2.45, 2.75) is 0 Å². The summed E-state index contributed by atoms with van der Waals surface area (Å²) in [6.07, 6.45) is 5.57. The van der Waals surface area contributed by atoms with Crippen molar-refractivity contribution >= 4 is 5.69 Å². The molecule has 2 nitrogen and oxygen atoms in total. The van der Waals surface area contributed by atoms with E-state index in [0.29, 0.717) is 0 Å². The van der Waals surface area contributed by atoms with E-state index in [1.807, 2.05) is 48.6 Å². The molecule has 13 heavy (non-hydrogen) atoms. The maximum Gasteiger partial charge on any atom is 0.128 e. The molecule has 0 amide bonds. The van der Waals surface area contributed by atoms with E-state index in [1.165, 1.54) is 0 Å².